The summed E-state index contributed by atoms with van der Waals surface area (Å²) in [5, 5.41) is 18.7. The highest BCUT2D eigenvalue weighted by Gasteiger charge is 2.24. The van der Waals surface area contributed by atoms with Crippen LogP contribution in [0.5, 0.6) is 0 Å². The van der Waals surface area contributed by atoms with E-state index in [0.29, 0.717) is 6.04 Å². The molecule has 0 aromatic carbocycles. The van der Waals surface area contributed by atoms with Crippen molar-refractivity contribution in [3.8, 4) is 0 Å². The van der Waals surface area contributed by atoms with Crippen molar-refractivity contribution < 1.29 is 10.2 Å². The summed E-state index contributed by atoms with van der Waals surface area (Å²) in [6, 6.07) is 0.546. The van der Waals surface area contributed by atoms with Gasteiger partial charge in [-0.25, -0.2) is 0 Å². The van der Waals surface area contributed by atoms with E-state index in [0.717, 1.165) is 25.9 Å². The molecule has 1 heterocycles. The highest BCUT2D eigenvalue weighted by atomic mass is 16.3. The summed E-state index contributed by atoms with van der Waals surface area (Å²) in [6.07, 6.45) is 1.40. The average Bonchev–Trinajstić information content (AvgIpc) is 2.27. The fourth-order valence-corrected chi connectivity index (χ4v) is 1.90. The molecule has 2 atom stereocenters. The second-order valence-electron chi connectivity index (χ2n) is 4.22. The molecule has 1 rings (SSSR count). The van der Waals surface area contributed by atoms with Crippen molar-refractivity contribution in [3.05, 3.63) is 0 Å². The minimum Gasteiger partial charge on any atom is -0.396 e. The van der Waals surface area contributed by atoms with Gasteiger partial charge in [-0.2, -0.15) is 0 Å². The summed E-state index contributed by atoms with van der Waals surface area (Å²) in [7, 11) is 0. The number of nitrogens with zero attached hydrogens (tertiary/aromatic N) is 1. The Balaban J connectivity index is 2.46. The second kappa shape index (κ2) is 4.94. The fraction of sp³-hybridized carbons (Fsp3) is 1.00. The topological polar surface area (TPSA) is 43.7 Å². The van der Waals surface area contributed by atoms with E-state index in [2.05, 4.69) is 18.7 Å². The first-order valence-electron chi connectivity index (χ1n) is 5.18. The van der Waals surface area contributed by atoms with E-state index in [9.17, 15) is 5.11 Å². The lowest BCUT2D eigenvalue weighted by atomic mass is 9.99. The number of aliphatic hydroxyl groups excluding tert-OH is 2. The lowest BCUT2D eigenvalue weighted by Gasteiger charge is -2.24. The Morgan fingerprint density at radius 3 is 2.46 bits per heavy atom. The first kappa shape index (κ1) is 11.0. The molecule has 0 saturated carbocycles. The molecule has 0 radical (unpaired) electrons. The van der Waals surface area contributed by atoms with Crippen LogP contribution in [0.15, 0.2) is 0 Å². The van der Waals surface area contributed by atoms with Crippen LogP contribution in [0.25, 0.3) is 0 Å². The Hall–Kier alpha value is -0.120. The summed E-state index contributed by atoms with van der Waals surface area (Å²) in [5.74, 6) is 0.0868. The van der Waals surface area contributed by atoms with Gasteiger partial charge in [0.2, 0.25) is 0 Å². The van der Waals surface area contributed by atoms with Crippen LogP contribution in [-0.2, 0) is 0 Å². The van der Waals surface area contributed by atoms with Gasteiger partial charge in [0, 0.05) is 25.1 Å². The van der Waals surface area contributed by atoms with Gasteiger partial charge in [-0.15, -0.1) is 0 Å². The molecule has 1 saturated heterocycles. The molecule has 0 aromatic rings. The van der Waals surface area contributed by atoms with Gasteiger partial charge in [-0.1, -0.05) is 0 Å². The highest BCUT2D eigenvalue weighted by molar-refractivity contribution is 4.77. The van der Waals surface area contributed by atoms with Crippen LogP contribution in [0, 0.1) is 5.92 Å². The van der Waals surface area contributed by atoms with Crippen LogP contribution >= 0.6 is 0 Å². The zero-order valence-electron chi connectivity index (χ0n) is 8.61. The second-order valence-corrected chi connectivity index (χ2v) is 4.22. The largest absolute Gasteiger partial charge is 0.396 e. The maximum Gasteiger partial charge on any atom is 0.0603 e. The molecular weight excluding hydrogens is 166 g/mol. The highest BCUT2D eigenvalue weighted by Crippen LogP contribution is 2.18. The third-order valence-corrected chi connectivity index (χ3v) is 3.01. The van der Waals surface area contributed by atoms with E-state index >= 15 is 0 Å². The van der Waals surface area contributed by atoms with E-state index in [1.54, 1.807) is 0 Å². The summed E-state index contributed by atoms with van der Waals surface area (Å²) < 4.78 is 0. The number of likely N-dealkylation sites (tertiary alicyclic amines) is 1. The first-order chi connectivity index (χ1) is 6.15. The Morgan fingerprint density at radius 1 is 1.31 bits per heavy atom. The Morgan fingerprint density at radius 2 is 1.92 bits per heavy atom. The van der Waals surface area contributed by atoms with Gasteiger partial charge in [0.1, 0.15) is 0 Å². The fourth-order valence-electron chi connectivity index (χ4n) is 1.90. The normalized spacial score (nSPS) is 32.1. The molecular formula is C10H21NO2. The summed E-state index contributed by atoms with van der Waals surface area (Å²) >= 11 is 0. The number of hydrogen-bond acceptors (Lipinski definition) is 3. The average molecular weight is 187 g/mol. The standard InChI is InChI=1S/C10H21NO2/c1-8(2)11-5-3-9(7-12)10(13)4-6-11/h8-10,12-13H,3-7H2,1-2H3/t9-,10+/m0/s1. The SMILES string of the molecule is CC(C)N1CC[C@@H](CO)[C@H](O)CC1. The first-order valence-corrected chi connectivity index (χ1v) is 5.18. The molecule has 1 aliphatic heterocycles. The smallest absolute Gasteiger partial charge is 0.0603 e. The van der Waals surface area contributed by atoms with E-state index in [1.165, 1.54) is 0 Å². The van der Waals surface area contributed by atoms with E-state index in [1.807, 2.05) is 0 Å². The van der Waals surface area contributed by atoms with Crippen LogP contribution in [0.2, 0.25) is 0 Å². The lowest BCUT2D eigenvalue weighted by Crippen LogP contribution is -2.31. The lowest BCUT2D eigenvalue weighted by molar-refractivity contribution is 0.0653. The molecule has 13 heavy (non-hydrogen) atoms. The molecule has 0 aliphatic carbocycles. The maximum atomic E-state index is 9.66. The molecule has 0 bridgehead atoms. The maximum absolute atomic E-state index is 9.66. The van der Waals surface area contributed by atoms with Crippen LogP contribution in [0.4, 0.5) is 0 Å². The zero-order chi connectivity index (χ0) is 9.84. The van der Waals surface area contributed by atoms with E-state index in [-0.39, 0.29) is 18.6 Å². The van der Waals surface area contributed by atoms with Crippen molar-refractivity contribution in [2.45, 2.75) is 38.8 Å². The number of aliphatic hydroxyl groups is 2. The van der Waals surface area contributed by atoms with Gasteiger partial charge < -0.3 is 15.1 Å². The summed E-state index contributed by atoms with van der Waals surface area (Å²) in [4.78, 5) is 2.36. The van der Waals surface area contributed by atoms with Gasteiger partial charge in [-0.3, -0.25) is 0 Å². The third kappa shape index (κ3) is 2.93. The van der Waals surface area contributed by atoms with Crippen LogP contribution in [0.3, 0.4) is 0 Å². The van der Waals surface area contributed by atoms with Crippen LogP contribution < -0.4 is 0 Å². The van der Waals surface area contributed by atoms with Crippen LogP contribution in [-0.4, -0.2) is 47.0 Å². The van der Waals surface area contributed by atoms with Gasteiger partial charge >= 0.3 is 0 Å². The minimum atomic E-state index is -0.311. The van der Waals surface area contributed by atoms with Crippen molar-refractivity contribution in [3.63, 3.8) is 0 Å². The van der Waals surface area contributed by atoms with Gasteiger partial charge in [0.05, 0.1) is 6.10 Å². The van der Waals surface area contributed by atoms with Crippen molar-refractivity contribution >= 4 is 0 Å². The Bertz CT molecular complexity index is 150. The molecule has 1 fully saturated rings. The Labute approximate surface area is 80.4 Å². The van der Waals surface area contributed by atoms with Crippen LogP contribution in [0.1, 0.15) is 26.7 Å². The molecule has 0 aromatic heterocycles. The summed E-state index contributed by atoms with van der Waals surface area (Å²) in [6.45, 7) is 6.42. The van der Waals surface area contributed by atoms with Crippen molar-refractivity contribution in [1.29, 1.82) is 0 Å². The van der Waals surface area contributed by atoms with Crippen molar-refractivity contribution in [2.24, 2.45) is 5.92 Å². The predicted octanol–water partition coefficient (Wildman–Crippen LogP) is 0.460. The summed E-state index contributed by atoms with van der Waals surface area (Å²) in [5.41, 5.74) is 0. The van der Waals surface area contributed by atoms with Gasteiger partial charge in [0.25, 0.3) is 0 Å². The molecule has 3 heteroatoms. The van der Waals surface area contributed by atoms with Crippen molar-refractivity contribution in [2.75, 3.05) is 19.7 Å². The quantitative estimate of drug-likeness (QED) is 0.660. The molecule has 1 aliphatic rings. The van der Waals surface area contributed by atoms with E-state index in [4.69, 9.17) is 5.11 Å². The molecule has 0 spiro atoms. The van der Waals surface area contributed by atoms with Gasteiger partial charge in [0.15, 0.2) is 0 Å². The Kier molecular flexibility index (Phi) is 4.16. The number of rotatable bonds is 2. The molecule has 2 N–H and O–H groups in total. The monoisotopic (exact) mass is 187 g/mol. The molecule has 78 valence electrons. The molecule has 0 unspecified atom stereocenters. The third-order valence-electron chi connectivity index (χ3n) is 3.01. The van der Waals surface area contributed by atoms with E-state index < -0.39 is 0 Å². The molecule has 0 amide bonds. The molecule has 3 nitrogen and oxygen atoms in total. The van der Waals surface area contributed by atoms with Gasteiger partial charge in [-0.05, 0) is 33.2 Å². The zero-order valence-corrected chi connectivity index (χ0v) is 8.61. The van der Waals surface area contributed by atoms with Crippen molar-refractivity contribution in [1.82, 2.24) is 4.90 Å². The minimum absolute atomic E-state index is 0.0868. The number of hydrogen-bond donors (Lipinski definition) is 2. The predicted molar refractivity (Wildman–Crippen MR) is 52.5 cm³/mol.